The Morgan fingerprint density at radius 1 is 1.29 bits per heavy atom. The minimum absolute atomic E-state index is 0.752. The Labute approximate surface area is 87.8 Å². The SMILES string of the molecule is CNC1CCC(N(C)CCOC)CC1. The number of hydrogen-bond acceptors (Lipinski definition) is 3. The third-order valence-corrected chi connectivity index (χ3v) is 3.38. The topological polar surface area (TPSA) is 24.5 Å². The van der Waals surface area contributed by atoms with Gasteiger partial charge in [-0.1, -0.05) is 0 Å². The van der Waals surface area contributed by atoms with Crippen molar-refractivity contribution in [2.24, 2.45) is 0 Å². The predicted octanol–water partition coefficient (Wildman–Crippen LogP) is 1.10. The number of hydrogen-bond donors (Lipinski definition) is 1. The van der Waals surface area contributed by atoms with Crippen molar-refractivity contribution in [3.63, 3.8) is 0 Å². The maximum absolute atomic E-state index is 5.09. The molecule has 1 rings (SSSR count). The maximum Gasteiger partial charge on any atom is 0.0589 e. The van der Waals surface area contributed by atoms with Gasteiger partial charge in [0.1, 0.15) is 0 Å². The zero-order valence-electron chi connectivity index (χ0n) is 9.75. The largest absolute Gasteiger partial charge is 0.383 e. The second-order valence-electron chi connectivity index (χ2n) is 4.27. The van der Waals surface area contributed by atoms with Gasteiger partial charge in [-0.15, -0.1) is 0 Å². The van der Waals surface area contributed by atoms with Crippen LogP contribution in [-0.4, -0.2) is 51.3 Å². The normalized spacial score (nSPS) is 28.3. The first-order valence-electron chi connectivity index (χ1n) is 5.64. The molecule has 0 aromatic heterocycles. The van der Waals surface area contributed by atoms with E-state index >= 15 is 0 Å². The Hall–Kier alpha value is -0.120. The Bertz CT molecular complexity index is 144. The molecule has 3 heteroatoms. The Morgan fingerprint density at radius 3 is 2.43 bits per heavy atom. The van der Waals surface area contributed by atoms with Crippen LogP contribution in [0.2, 0.25) is 0 Å². The quantitative estimate of drug-likeness (QED) is 0.719. The molecule has 0 amide bonds. The average molecular weight is 200 g/mol. The van der Waals surface area contributed by atoms with Crippen LogP contribution in [-0.2, 0) is 4.74 Å². The number of methoxy groups -OCH3 is 1. The molecule has 0 atom stereocenters. The summed E-state index contributed by atoms with van der Waals surface area (Å²) in [7, 11) is 6.05. The van der Waals surface area contributed by atoms with Crippen LogP contribution in [0.4, 0.5) is 0 Å². The summed E-state index contributed by atoms with van der Waals surface area (Å²) in [6.07, 6.45) is 5.29. The molecule has 84 valence electrons. The van der Waals surface area contributed by atoms with Crippen LogP contribution in [0, 0.1) is 0 Å². The van der Waals surface area contributed by atoms with Crippen LogP contribution in [0.5, 0.6) is 0 Å². The number of nitrogens with zero attached hydrogens (tertiary/aromatic N) is 1. The van der Waals surface area contributed by atoms with Crippen LogP contribution < -0.4 is 5.32 Å². The number of ether oxygens (including phenoxy) is 1. The lowest BCUT2D eigenvalue weighted by Crippen LogP contribution is -2.40. The van der Waals surface area contributed by atoms with Gasteiger partial charge in [-0.2, -0.15) is 0 Å². The number of likely N-dealkylation sites (N-methyl/N-ethyl adjacent to an activating group) is 1. The highest BCUT2D eigenvalue weighted by molar-refractivity contribution is 4.80. The zero-order valence-corrected chi connectivity index (χ0v) is 9.75. The molecule has 1 fully saturated rings. The molecule has 0 radical (unpaired) electrons. The fourth-order valence-corrected chi connectivity index (χ4v) is 2.22. The van der Waals surface area contributed by atoms with Gasteiger partial charge >= 0.3 is 0 Å². The summed E-state index contributed by atoms with van der Waals surface area (Å²) in [5, 5.41) is 3.36. The number of rotatable bonds is 5. The van der Waals surface area contributed by atoms with Crippen molar-refractivity contribution in [1.29, 1.82) is 0 Å². The fraction of sp³-hybridized carbons (Fsp3) is 1.00. The molecule has 1 aliphatic carbocycles. The molecule has 3 nitrogen and oxygen atoms in total. The molecule has 1 N–H and O–H groups in total. The molecular weight excluding hydrogens is 176 g/mol. The van der Waals surface area contributed by atoms with E-state index in [1.807, 2.05) is 0 Å². The van der Waals surface area contributed by atoms with Gasteiger partial charge in [0, 0.05) is 25.7 Å². The second kappa shape index (κ2) is 6.38. The second-order valence-corrected chi connectivity index (χ2v) is 4.27. The molecule has 0 saturated heterocycles. The van der Waals surface area contributed by atoms with Crippen molar-refractivity contribution in [2.75, 3.05) is 34.4 Å². The molecular formula is C11H24N2O. The van der Waals surface area contributed by atoms with E-state index < -0.39 is 0 Å². The Balaban J connectivity index is 2.19. The smallest absolute Gasteiger partial charge is 0.0589 e. The minimum atomic E-state index is 0.752. The van der Waals surface area contributed by atoms with Crippen LogP contribution in [0.25, 0.3) is 0 Å². The third-order valence-electron chi connectivity index (χ3n) is 3.38. The lowest BCUT2D eigenvalue weighted by Gasteiger charge is -2.34. The molecule has 0 bridgehead atoms. The van der Waals surface area contributed by atoms with Crippen molar-refractivity contribution < 1.29 is 4.74 Å². The van der Waals surface area contributed by atoms with Gasteiger partial charge in [-0.25, -0.2) is 0 Å². The number of nitrogens with one attached hydrogen (secondary N) is 1. The molecule has 1 aliphatic rings. The molecule has 0 spiro atoms. The summed E-state index contributed by atoms with van der Waals surface area (Å²) in [5.41, 5.74) is 0. The summed E-state index contributed by atoms with van der Waals surface area (Å²) < 4.78 is 5.09. The van der Waals surface area contributed by atoms with Gasteiger partial charge in [0.15, 0.2) is 0 Å². The van der Waals surface area contributed by atoms with Crippen LogP contribution in [0.3, 0.4) is 0 Å². The molecule has 0 unspecified atom stereocenters. The van der Waals surface area contributed by atoms with E-state index in [2.05, 4.69) is 24.3 Å². The van der Waals surface area contributed by atoms with Crippen molar-refractivity contribution in [3.8, 4) is 0 Å². The lowest BCUT2D eigenvalue weighted by molar-refractivity contribution is 0.118. The van der Waals surface area contributed by atoms with Gasteiger partial charge in [0.2, 0.25) is 0 Å². The first-order valence-corrected chi connectivity index (χ1v) is 5.64. The zero-order chi connectivity index (χ0) is 10.4. The van der Waals surface area contributed by atoms with Crippen molar-refractivity contribution in [3.05, 3.63) is 0 Å². The lowest BCUT2D eigenvalue weighted by atomic mass is 9.90. The van der Waals surface area contributed by atoms with Crippen LogP contribution in [0.15, 0.2) is 0 Å². The van der Waals surface area contributed by atoms with Gasteiger partial charge < -0.3 is 15.0 Å². The fourth-order valence-electron chi connectivity index (χ4n) is 2.22. The van der Waals surface area contributed by atoms with E-state index in [0.717, 1.165) is 25.2 Å². The van der Waals surface area contributed by atoms with E-state index in [0.29, 0.717) is 0 Å². The molecule has 0 aromatic carbocycles. The highest BCUT2D eigenvalue weighted by atomic mass is 16.5. The Kier molecular flexibility index (Phi) is 5.45. The summed E-state index contributed by atoms with van der Waals surface area (Å²) in [5.74, 6) is 0. The van der Waals surface area contributed by atoms with E-state index in [1.165, 1.54) is 25.7 Å². The Morgan fingerprint density at radius 2 is 1.93 bits per heavy atom. The van der Waals surface area contributed by atoms with Crippen molar-refractivity contribution in [1.82, 2.24) is 10.2 Å². The van der Waals surface area contributed by atoms with E-state index in [1.54, 1.807) is 7.11 Å². The third kappa shape index (κ3) is 3.56. The molecule has 14 heavy (non-hydrogen) atoms. The van der Waals surface area contributed by atoms with E-state index in [9.17, 15) is 0 Å². The first kappa shape index (κ1) is 12.0. The minimum Gasteiger partial charge on any atom is -0.383 e. The standard InChI is InChI=1S/C11H24N2O/c1-12-10-4-6-11(7-5-10)13(2)8-9-14-3/h10-12H,4-9H2,1-3H3. The summed E-state index contributed by atoms with van der Waals surface area (Å²) in [4.78, 5) is 2.44. The predicted molar refractivity (Wildman–Crippen MR) is 59.6 cm³/mol. The van der Waals surface area contributed by atoms with Crippen LogP contribution in [0.1, 0.15) is 25.7 Å². The average Bonchev–Trinajstić information content (AvgIpc) is 2.26. The van der Waals surface area contributed by atoms with Crippen molar-refractivity contribution in [2.45, 2.75) is 37.8 Å². The van der Waals surface area contributed by atoms with Gasteiger partial charge in [0.25, 0.3) is 0 Å². The van der Waals surface area contributed by atoms with E-state index in [4.69, 9.17) is 4.74 Å². The van der Waals surface area contributed by atoms with Crippen LogP contribution >= 0.6 is 0 Å². The summed E-state index contributed by atoms with van der Waals surface area (Å²) in [6, 6.07) is 1.52. The van der Waals surface area contributed by atoms with Crippen molar-refractivity contribution >= 4 is 0 Å². The molecule has 0 heterocycles. The molecule has 1 saturated carbocycles. The monoisotopic (exact) mass is 200 g/mol. The van der Waals surface area contributed by atoms with E-state index in [-0.39, 0.29) is 0 Å². The molecule has 0 aliphatic heterocycles. The van der Waals surface area contributed by atoms with Gasteiger partial charge in [0.05, 0.1) is 6.61 Å². The maximum atomic E-state index is 5.09. The highest BCUT2D eigenvalue weighted by Crippen LogP contribution is 2.21. The van der Waals surface area contributed by atoms with Gasteiger partial charge in [-0.05, 0) is 39.8 Å². The first-order chi connectivity index (χ1) is 6.77. The summed E-state index contributed by atoms with van der Waals surface area (Å²) in [6.45, 7) is 1.91. The summed E-state index contributed by atoms with van der Waals surface area (Å²) >= 11 is 0. The molecule has 0 aromatic rings. The van der Waals surface area contributed by atoms with Gasteiger partial charge in [-0.3, -0.25) is 0 Å². The highest BCUT2D eigenvalue weighted by Gasteiger charge is 2.22.